The summed E-state index contributed by atoms with van der Waals surface area (Å²) in [5, 5.41) is 29.3. The van der Waals surface area contributed by atoms with Crippen LogP contribution in [0, 0.1) is 0 Å². The number of hydrogen-bond donors (Lipinski definition) is 4. The van der Waals surface area contributed by atoms with Crippen molar-refractivity contribution in [1.29, 1.82) is 0 Å². The molecule has 0 bridgehead atoms. The Bertz CT molecular complexity index is 669. The highest BCUT2D eigenvalue weighted by Gasteiger charge is 2.54. The lowest BCUT2D eigenvalue weighted by Crippen LogP contribution is -2.34. The minimum atomic E-state index is -3.64. The van der Waals surface area contributed by atoms with Crippen molar-refractivity contribution < 1.29 is 33.3 Å². The topological polar surface area (TPSA) is 133 Å². The number of ether oxygens (including phenoxy) is 1. The van der Waals surface area contributed by atoms with Crippen LogP contribution in [0.4, 0.5) is 4.79 Å². The van der Waals surface area contributed by atoms with E-state index in [0.29, 0.717) is 12.8 Å². The summed E-state index contributed by atoms with van der Waals surface area (Å²) in [5.41, 5.74) is 0. The fourth-order valence-electron chi connectivity index (χ4n) is 2.09. The molecule has 1 aromatic carbocycles. The lowest BCUT2D eigenvalue weighted by molar-refractivity contribution is 0.104. The first-order valence-electron chi connectivity index (χ1n) is 7.04. The highest BCUT2D eigenvalue weighted by atomic mass is 32.2. The number of carbonyl (C=O) groups is 1. The van der Waals surface area contributed by atoms with Gasteiger partial charge < -0.3 is 25.4 Å². The van der Waals surface area contributed by atoms with E-state index in [4.69, 9.17) is 9.84 Å². The van der Waals surface area contributed by atoms with E-state index in [9.17, 15) is 23.4 Å². The van der Waals surface area contributed by atoms with Crippen LogP contribution in [0.5, 0.6) is 5.75 Å². The quantitative estimate of drug-likeness (QED) is 0.521. The van der Waals surface area contributed by atoms with E-state index in [2.05, 4.69) is 0 Å². The number of benzene rings is 1. The predicted molar refractivity (Wildman–Crippen MR) is 80.2 cm³/mol. The standard InChI is InChI=1S/C14H19NO7S/c16-9-14(4-5-14)23(20,21)12-3-1-2-11(6-12)22-8-10(17)7-15-13(18)19/h1-3,6,10,15-17H,4-5,7-9H2,(H,18,19)/t10-/m0/s1. The zero-order valence-electron chi connectivity index (χ0n) is 12.3. The Kier molecular flexibility index (Phi) is 5.12. The van der Waals surface area contributed by atoms with E-state index < -0.39 is 33.4 Å². The molecule has 23 heavy (non-hydrogen) atoms. The lowest BCUT2D eigenvalue weighted by Gasteiger charge is -2.15. The third kappa shape index (κ3) is 3.92. The second-order valence-corrected chi connectivity index (χ2v) is 7.81. The molecule has 0 unspecified atom stereocenters. The number of nitrogens with one attached hydrogen (secondary N) is 1. The summed E-state index contributed by atoms with van der Waals surface area (Å²) in [4.78, 5) is 10.4. The van der Waals surface area contributed by atoms with E-state index in [1.165, 1.54) is 24.3 Å². The molecule has 0 heterocycles. The molecule has 1 amide bonds. The third-order valence-corrected chi connectivity index (χ3v) is 6.26. The maximum atomic E-state index is 12.5. The summed E-state index contributed by atoms with van der Waals surface area (Å²) in [6, 6.07) is 5.81. The number of amides is 1. The Morgan fingerprint density at radius 1 is 1.39 bits per heavy atom. The van der Waals surface area contributed by atoms with Crippen molar-refractivity contribution in [2.45, 2.75) is 28.6 Å². The first kappa shape index (κ1) is 17.5. The Labute approximate surface area is 133 Å². The molecule has 0 saturated heterocycles. The predicted octanol–water partition coefficient (Wildman–Crippen LogP) is -0.00750. The fourth-order valence-corrected chi connectivity index (χ4v) is 3.93. The molecule has 0 spiro atoms. The van der Waals surface area contributed by atoms with Gasteiger partial charge in [0.15, 0.2) is 9.84 Å². The summed E-state index contributed by atoms with van der Waals surface area (Å²) < 4.78 is 29.2. The highest BCUT2D eigenvalue weighted by molar-refractivity contribution is 7.93. The number of hydrogen-bond acceptors (Lipinski definition) is 6. The Morgan fingerprint density at radius 3 is 2.65 bits per heavy atom. The first-order valence-corrected chi connectivity index (χ1v) is 8.52. The van der Waals surface area contributed by atoms with Crippen molar-refractivity contribution in [2.75, 3.05) is 19.8 Å². The number of aliphatic hydroxyl groups is 2. The minimum absolute atomic E-state index is 0.0553. The van der Waals surface area contributed by atoms with Gasteiger partial charge in [0.2, 0.25) is 0 Å². The molecule has 128 valence electrons. The van der Waals surface area contributed by atoms with Gasteiger partial charge in [-0.2, -0.15) is 0 Å². The Morgan fingerprint density at radius 2 is 2.09 bits per heavy atom. The summed E-state index contributed by atoms with van der Waals surface area (Å²) in [6.45, 7) is -0.796. The van der Waals surface area contributed by atoms with Crippen molar-refractivity contribution in [3.05, 3.63) is 24.3 Å². The monoisotopic (exact) mass is 345 g/mol. The van der Waals surface area contributed by atoms with E-state index in [1.807, 2.05) is 5.32 Å². The molecule has 0 aromatic heterocycles. The second kappa shape index (κ2) is 6.73. The Balaban J connectivity index is 2.02. The van der Waals surface area contributed by atoms with Gasteiger partial charge in [0, 0.05) is 0 Å². The molecule has 1 aliphatic carbocycles. The van der Waals surface area contributed by atoms with Gasteiger partial charge in [-0.05, 0) is 31.0 Å². The van der Waals surface area contributed by atoms with Gasteiger partial charge in [0.25, 0.3) is 0 Å². The van der Waals surface area contributed by atoms with Crippen molar-refractivity contribution in [3.63, 3.8) is 0 Å². The average Bonchev–Trinajstić information content (AvgIpc) is 3.33. The molecule has 2 rings (SSSR count). The molecule has 1 atom stereocenters. The lowest BCUT2D eigenvalue weighted by atomic mass is 10.3. The fraction of sp³-hybridized carbons (Fsp3) is 0.500. The molecule has 4 N–H and O–H groups in total. The smallest absolute Gasteiger partial charge is 0.404 e. The van der Waals surface area contributed by atoms with Crippen LogP contribution >= 0.6 is 0 Å². The van der Waals surface area contributed by atoms with Crippen LogP contribution in [0.25, 0.3) is 0 Å². The maximum Gasteiger partial charge on any atom is 0.404 e. The van der Waals surface area contributed by atoms with Crippen LogP contribution in [-0.4, -0.2) is 60.4 Å². The largest absolute Gasteiger partial charge is 0.491 e. The minimum Gasteiger partial charge on any atom is -0.491 e. The third-order valence-electron chi connectivity index (χ3n) is 3.71. The summed E-state index contributed by atoms with van der Waals surface area (Å²) in [7, 11) is -3.64. The van der Waals surface area contributed by atoms with E-state index in [-0.39, 0.29) is 23.8 Å². The number of aliphatic hydroxyl groups excluding tert-OH is 2. The van der Waals surface area contributed by atoms with E-state index >= 15 is 0 Å². The van der Waals surface area contributed by atoms with Crippen LogP contribution in [0.3, 0.4) is 0 Å². The normalized spacial score (nSPS) is 17.3. The summed E-state index contributed by atoms with van der Waals surface area (Å²) in [6.07, 6.45) is -1.46. The molecular weight excluding hydrogens is 326 g/mol. The zero-order valence-corrected chi connectivity index (χ0v) is 13.1. The van der Waals surface area contributed by atoms with Crippen molar-refractivity contribution in [3.8, 4) is 5.75 Å². The van der Waals surface area contributed by atoms with Crippen LogP contribution in [0.1, 0.15) is 12.8 Å². The SMILES string of the molecule is O=C(O)NC[C@H](O)COc1cccc(S(=O)(=O)C2(CO)CC2)c1. The molecule has 8 nitrogen and oxygen atoms in total. The molecule has 1 aromatic rings. The highest BCUT2D eigenvalue weighted by Crippen LogP contribution is 2.46. The molecule has 9 heteroatoms. The van der Waals surface area contributed by atoms with Crippen LogP contribution < -0.4 is 10.1 Å². The molecule has 0 radical (unpaired) electrons. The van der Waals surface area contributed by atoms with Crippen LogP contribution in [0.2, 0.25) is 0 Å². The molecule has 1 aliphatic rings. The number of rotatable bonds is 8. The molecule has 1 saturated carbocycles. The van der Waals surface area contributed by atoms with Gasteiger partial charge in [-0.1, -0.05) is 6.07 Å². The van der Waals surface area contributed by atoms with E-state index in [1.54, 1.807) is 0 Å². The van der Waals surface area contributed by atoms with Crippen molar-refractivity contribution in [2.24, 2.45) is 0 Å². The van der Waals surface area contributed by atoms with Gasteiger partial charge >= 0.3 is 6.09 Å². The first-order chi connectivity index (χ1) is 10.8. The van der Waals surface area contributed by atoms with Crippen LogP contribution in [0.15, 0.2) is 29.2 Å². The Hall–Kier alpha value is -1.84. The van der Waals surface area contributed by atoms with Crippen molar-refractivity contribution >= 4 is 15.9 Å². The van der Waals surface area contributed by atoms with Gasteiger partial charge in [-0.3, -0.25) is 0 Å². The number of carboxylic acid groups (broad SMARTS) is 1. The van der Waals surface area contributed by atoms with Gasteiger partial charge in [-0.25, -0.2) is 13.2 Å². The maximum absolute atomic E-state index is 12.5. The molecule has 1 fully saturated rings. The second-order valence-electron chi connectivity index (χ2n) is 5.47. The van der Waals surface area contributed by atoms with Gasteiger partial charge in [-0.15, -0.1) is 0 Å². The summed E-state index contributed by atoms with van der Waals surface area (Å²) >= 11 is 0. The summed E-state index contributed by atoms with van der Waals surface area (Å²) in [5.74, 6) is 0.245. The van der Waals surface area contributed by atoms with Crippen LogP contribution in [-0.2, 0) is 9.84 Å². The van der Waals surface area contributed by atoms with Gasteiger partial charge in [0.05, 0.1) is 22.8 Å². The van der Waals surface area contributed by atoms with E-state index in [0.717, 1.165) is 0 Å². The number of sulfone groups is 1. The molecular formula is C14H19NO7S. The zero-order chi connectivity index (χ0) is 17.1. The van der Waals surface area contributed by atoms with Crippen molar-refractivity contribution in [1.82, 2.24) is 5.32 Å². The average molecular weight is 345 g/mol. The van der Waals surface area contributed by atoms with Gasteiger partial charge in [0.1, 0.15) is 18.5 Å². The molecule has 0 aliphatic heterocycles.